The number of nitrogens with one attached hydrogen (secondary N) is 2. The molecule has 3 aliphatic heterocycles. The fourth-order valence-electron chi connectivity index (χ4n) is 6.07. The van der Waals surface area contributed by atoms with Gasteiger partial charge in [0.15, 0.2) is 0 Å². The van der Waals surface area contributed by atoms with Gasteiger partial charge in [-0.3, -0.25) is 15.1 Å². The molecule has 1 aromatic carbocycles. The summed E-state index contributed by atoms with van der Waals surface area (Å²) < 4.78 is 2.28. The molecule has 2 N–H and O–H groups in total. The Morgan fingerprint density at radius 2 is 2.13 bits per heavy atom. The molecular formula is C25H33N5O. The maximum Gasteiger partial charge on any atom is 0.203 e. The molecule has 6 nitrogen and oxygen atoms in total. The SMILES string of the molecule is CC[C@@]12C=C(C(=O)/C=C/N(C)C)n3c4c(c5ccccc53)CCN(C(NNC)CC1)[C@H]42. The second-order valence-corrected chi connectivity index (χ2v) is 9.32. The van der Waals surface area contributed by atoms with E-state index < -0.39 is 0 Å². The van der Waals surface area contributed by atoms with Gasteiger partial charge in [-0.05, 0) is 50.4 Å². The molecule has 31 heavy (non-hydrogen) atoms. The van der Waals surface area contributed by atoms with Gasteiger partial charge in [0, 0.05) is 49.4 Å². The smallest absolute Gasteiger partial charge is 0.203 e. The van der Waals surface area contributed by atoms with Crippen molar-refractivity contribution < 1.29 is 4.79 Å². The highest BCUT2D eigenvalue weighted by atomic mass is 16.1. The number of aromatic nitrogens is 1. The van der Waals surface area contributed by atoms with Gasteiger partial charge in [0.2, 0.25) is 5.78 Å². The molecule has 5 rings (SSSR count). The molecule has 1 unspecified atom stereocenters. The quantitative estimate of drug-likeness (QED) is 0.556. The zero-order valence-corrected chi connectivity index (χ0v) is 19.0. The van der Waals surface area contributed by atoms with Crippen LogP contribution >= 0.6 is 0 Å². The van der Waals surface area contributed by atoms with Crippen LogP contribution in [0.3, 0.4) is 0 Å². The average molecular weight is 420 g/mol. The summed E-state index contributed by atoms with van der Waals surface area (Å²) in [6.45, 7) is 3.31. The lowest BCUT2D eigenvalue weighted by Gasteiger charge is -2.56. The number of carbonyl (C=O) groups excluding carboxylic acids is 1. The summed E-state index contributed by atoms with van der Waals surface area (Å²) in [5.74, 6) is 0.0797. The summed E-state index contributed by atoms with van der Waals surface area (Å²) in [6.07, 6.45) is 10.3. The van der Waals surface area contributed by atoms with Crippen molar-refractivity contribution in [3.8, 4) is 0 Å². The first-order valence-electron chi connectivity index (χ1n) is 11.4. The van der Waals surface area contributed by atoms with Gasteiger partial charge in [0.25, 0.3) is 0 Å². The fraction of sp³-hybridized carbons (Fsp3) is 0.480. The lowest BCUT2D eigenvalue weighted by molar-refractivity contribution is -0.110. The van der Waals surface area contributed by atoms with E-state index in [1.54, 1.807) is 6.08 Å². The molecule has 0 bridgehead atoms. The third-order valence-electron chi connectivity index (χ3n) is 7.47. The Labute approximate surface area is 184 Å². The van der Waals surface area contributed by atoms with Crippen LogP contribution in [0.15, 0.2) is 42.6 Å². The van der Waals surface area contributed by atoms with Gasteiger partial charge in [0.05, 0.1) is 23.4 Å². The molecule has 3 atom stereocenters. The van der Waals surface area contributed by atoms with Crippen LogP contribution in [-0.4, -0.2) is 54.0 Å². The number of para-hydroxylation sites is 1. The number of benzene rings is 1. The minimum Gasteiger partial charge on any atom is -0.383 e. The number of allylic oxidation sites excluding steroid dienone is 2. The predicted octanol–water partition coefficient (Wildman–Crippen LogP) is 3.28. The minimum absolute atomic E-state index is 0.0254. The summed E-state index contributed by atoms with van der Waals surface area (Å²) in [5.41, 5.74) is 11.4. The largest absolute Gasteiger partial charge is 0.383 e. The number of fused-ring (bicyclic) bond motifs is 3. The molecule has 1 saturated heterocycles. The zero-order valence-electron chi connectivity index (χ0n) is 19.0. The van der Waals surface area contributed by atoms with Gasteiger partial charge < -0.3 is 9.47 Å². The fourth-order valence-corrected chi connectivity index (χ4v) is 6.07. The number of carbonyl (C=O) groups is 1. The number of ketones is 1. The lowest BCUT2D eigenvalue weighted by Crippen LogP contribution is -2.61. The maximum atomic E-state index is 13.5. The molecule has 2 aromatic rings. The van der Waals surface area contributed by atoms with Crippen molar-refractivity contribution in [1.82, 2.24) is 25.2 Å². The van der Waals surface area contributed by atoms with Crippen LogP contribution < -0.4 is 10.9 Å². The normalized spacial score (nSPS) is 27.4. The molecule has 4 heterocycles. The van der Waals surface area contributed by atoms with Crippen molar-refractivity contribution in [3.05, 3.63) is 53.9 Å². The Kier molecular flexibility index (Phi) is 5.04. The highest BCUT2D eigenvalue weighted by Gasteiger charge is 2.53. The molecule has 1 fully saturated rings. The summed E-state index contributed by atoms with van der Waals surface area (Å²) in [6, 6.07) is 8.87. The van der Waals surface area contributed by atoms with Crippen LogP contribution in [0.4, 0.5) is 0 Å². The van der Waals surface area contributed by atoms with E-state index in [-0.39, 0.29) is 17.2 Å². The van der Waals surface area contributed by atoms with E-state index in [2.05, 4.69) is 57.6 Å². The van der Waals surface area contributed by atoms with Crippen molar-refractivity contribution in [2.24, 2.45) is 5.41 Å². The van der Waals surface area contributed by atoms with Gasteiger partial charge in [0.1, 0.15) is 0 Å². The predicted molar refractivity (Wildman–Crippen MR) is 125 cm³/mol. The topological polar surface area (TPSA) is 52.5 Å². The molecule has 6 heteroatoms. The monoisotopic (exact) mass is 419 g/mol. The maximum absolute atomic E-state index is 13.5. The van der Waals surface area contributed by atoms with Gasteiger partial charge in [-0.15, -0.1) is 0 Å². The number of hydrazine groups is 1. The molecule has 164 valence electrons. The standard InChI is InChI=1S/C25H33N5O/c1-5-25-13-10-22(27-26-2)29-15-11-18-17-8-6-7-9-19(17)30(23(18)24(25)29)20(16-25)21(31)12-14-28(3)4/h6-9,12,14,16,22,24,26-27H,5,10-11,13,15H2,1-4H3/b14-12+/t22?,24-,25+/m1/s1. The Morgan fingerprint density at radius 3 is 2.87 bits per heavy atom. The molecular weight excluding hydrogens is 386 g/mol. The zero-order chi connectivity index (χ0) is 21.8. The highest BCUT2D eigenvalue weighted by molar-refractivity contribution is 6.23. The first-order chi connectivity index (χ1) is 15.0. The van der Waals surface area contributed by atoms with E-state index in [1.807, 2.05) is 32.2 Å². The van der Waals surface area contributed by atoms with E-state index in [0.29, 0.717) is 6.17 Å². The molecule has 1 aromatic heterocycles. The highest BCUT2D eigenvalue weighted by Crippen LogP contribution is 2.58. The summed E-state index contributed by atoms with van der Waals surface area (Å²) in [4.78, 5) is 18.0. The third-order valence-corrected chi connectivity index (χ3v) is 7.47. The lowest BCUT2D eigenvalue weighted by atomic mass is 9.65. The number of rotatable bonds is 6. The van der Waals surface area contributed by atoms with Gasteiger partial charge in [-0.1, -0.05) is 25.1 Å². The van der Waals surface area contributed by atoms with Crippen molar-refractivity contribution >= 4 is 22.4 Å². The van der Waals surface area contributed by atoms with E-state index >= 15 is 0 Å². The first kappa shape index (κ1) is 20.5. The first-order valence-corrected chi connectivity index (χ1v) is 11.4. The van der Waals surface area contributed by atoms with Crippen LogP contribution in [0.1, 0.15) is 43.5 Å². The Bertz CT molecular complexity index is 1080. The van der Waals surface area contributed by atoms with E-state index in [1.165, 1.54) is 16.6 Å². The average Bonchev–Trinajstić information content (AvgIpc) is 3.12. The molecule has 0 amide bonds. The molecule has 0 aliphatic carbocycles. The summed E-state index contributed by atoms with van der Waals surface area (Å²) in [7, 11) is 5.84. The van der Waals surface area contributed by atoms with Crippen molar-refractivity contribution in [2.45, 2.75) is 44.8 Å². The van der Waals surface area contributed by atoms with Crippen molar-refractivity contribution in [1.29, 1.82) is 0 Å². The van der Waals surface area contributed by atoms with Crippen LogP contribution in [0, 0.1) is 5.41 Å². The molecule has 0 spiro atoms. The molecule has 0 saturated carbocycles. The Morgan fingerprint density at radius 1 is 1.32 bits per heavy atom. The van der Waals surface area contributed by atoms with Crippen LogP contribution in [0.25, 0.3) is 16.6 Å². The summed E-state index contributed by atoms with van der Waals surface area (Å²) in [5, 5.41) is 1.29. The van der Waals surface area contributed by atoms with Gasteiger partial charge in [-0.25, -0.2) is 5.43 Å². The van der Waals surface area contributed by atoms with E-state index in [9.17, 15) is 4.79 Å². The van der Waals surface area contributed by atoms with Crippen LogP contribution in [0.5, 0.6) is 0 Å². The second-order valence-electron chi connectivity index (χ2n) is 9.32. The van der Waals surface area contributed by atoms with Gasteiger partial charge >= 0.3 is 0 Å². The number of piperidine rings is 1. The number of hydrogen-bond acceptors (Lipinski definition) is 5. The van der Waals surface area contributed by atoms with Crippen molar-refractivity contribution in [2.75, 3.05) is 27.7 Å². The Hall–Kier alpha value is -2.41. The second kappa shape index (κ2) is 7.62. The van der Waals surface area contributed by atoms with E-state index in [4.69, 9.17) is 0 Å². The minimum atomic E-state index is -0.0254. The van der Waals surface area contributed by atoms with Gasteiger partial charge in [-0.2, -0.15) is 0 Å². The Balaban J connectivity index is 1.76. The summed E-state index contributed by atoms with van der Waals surface area (Å²) >= 11 is 0. The van der Waals surface area contributed by atoms with Crippen molar-refractivity contribution in [3.63, 3.8) is 0 Å². The molecule has 3 aliphatic rings. The molecule has 0 radical (unpaired) electrons. The van der Waals surface area contributed by atoms with E-state index in [0.717, 1.165) is 43.4 Å². The number of nitrogens with zero attached hydrogens (tertiary/aromatic N) is 3. The third kappa shape index (κ3) is 3.00. The van der Waals surface area contributed by atoms with Crippen LogP contribution in [-0.2, 0) is 11.2 Å². The number of hydrogen-bond donors (Lipinski definition) is 2. The van der Waals surface area contributed by atoms with Crippen LogP contribution in [0.2, 0.25) is 0 Å².